The van der Waals surface area contributed by atoms with Crippen molar-refractivity contribution in [1.29, 1.82) is 0 Å². The first kappa shape index (κ1) is 18.0. The third-order valence-electron chi connectivity index (χ3n) is 2.90. The fraction of sp³-hybridized carbons (Fsp3) is 0.125. The molecule has 0 unspecified atom stereocenters. The van der Waals surface area contributed by atoms with Crippen LogP contribution < -0.4 is 4.72 Å². The number of carbonyl (C=O) groups excluding carboxylic acids is 2. The van der Waals surface area contributed by atoms with E-state index in [1.165, 1.54) is 36.4 Å². The maximum atomic E-state index is 12.0. The Bertz CT molecular complexity index is 862. The summed E-state index contributed by atoms with van der Waals surface area (Å²) in [5.41, 5.74) is 0.739. The van der Waals surface area contributed by atoms with Crippen LogP contribution in [0.25, 0.3) is 0 Å². The van der Waals surface area contributed by atoms with Gasteiger partial charge < -0.3 is 4.74 Å². The molecule has 0 bridgehead atoms. The minimum Gasteiger partial charge on any atom is -0.454 e. The van der Waals surface area contributed by atoms with E-state index in [9.17, 15) is 18.0 Å². The predicted octanol–water partition coefficient (Wildman–Crippen LogP) is 2.75. The fourth-order valence-electron chi connectivity index (χ4n) is 1.86. The molecule has 0 amide bonds. The third kappa shape index (κ3) is 5.36. The Hall–Kier alpha value is -2.38. The van der Waals surface area contributed by atoms with Gasteiger partial charge in [0.05, 0.1) is 11.8 Å². The zero-order valence-corrected chi connectivity index (χ0v) is 14.2. The molecule has 2 rings (SSSR count). The summed E-state index contributed by atoms with van der Waals surface area (Å²) in [5.74, 6) is -1.10. The standard InChI is InChI=1S/C16H14ClNO5S/c1-24(21,22)18-14-4-2-3-12(9-14)16(20)23-10-15(19)11-5-7-13(17)8-6-11/h2-9,18H,10H2,1H3. The van der Waals surface area contributed by atoms with Crippen molar-refractivity contribution in [2.24, 2.45) is 0 Å². The van der Waals surface area contributed by atoms with Crippen LogP contribution in [0.1, 0.15) is 20.7 Å². The van der Waals surface area contributed by atoms with Gasteiger partial charge in [0.25, 0.3) is 0 Å². The van der Waals surface area contributed by atoms with E-state index in [1.54, 1.807) is 12.1 Å². The number of hydrogen-bond donors (Lipinski definition) is 1. The van der Waals surface area contributed by atoms with Gasteiger partial charge in [-0.15, -0.1) is 0 Å². The highest BCUT2D eigenvalue weighted by Crippen LogP contribution is 2.14. The zero-order chi connectivity index (χ0) is 17.7. The van der Waals surface area contributed by atoms with E-state index in [1.807, 2.05) is 0 Å². The zero-order valence-electron chi connectivity index (χ0n) is 12.7. The van der Waals surface area contributed by atoms with Crippen molar-refractivity contribution >= 4 is 39.1 Å². The van der Waals surface area contributed by atoms with Gasteiger partial charge in [-0.25, -0.2) is 13.2 Å². The van der Waals surface area contributed by atoms with Crippen LogP contribution in [0.15, 0.2) is 48.5 Å². The Morgan fingerprint density at radius 2 is 1.75 bits per heavy atom. The van der Waals surface area contributed by atoms with Gasteiger partial charge in [0.1, 0.15) is 0 Å². The quantitative estimate of drug-likeness (QED) is 0.626. The van der Waals surface area contributed by atoms with Crippen LogP contribution in [0.5, 0.6) is 0 Å². The highest BCUT2D eigenvalue weighted by Gasteiger charge is 2.13. The molecule has 0 spiro atoms. The van der Waals surface area contributed by atoms with Crippen molar-refractivity contribution in [2.75, 3.05) is 17.6 Å². The van der Waals surface area contributed by atoms with Gasteiger partial charge in [-0.05, 0) is 42.5 Å². The number of hydrogen-bond acceptors (Lipinski definition) is 5. The second-order valence-electron chi connectivity index (χ2n) is 4.96. The van der Waals surface area contributed by atoms with Gasteiger partial charge >= 0.3 is 5.97 Å². The number of ether oxygens (including phenoxy) is 1. The molecule has 0 atom stereocenters. The fourth-order valence-corrected chi connectivity index (χ4v) is 2.54. The summed E-state index contributed by atoms with van der Waals surface area (Å²) < 4.78 is 29.6. The van der Waals surface area contributed by atoms with Crippen LogP contribution in [0.3, 0.4) is 0 Å². The lowest BCUT2D eigenvalue weighted by atomic mass is 10.1. The molecular weight excluding hydrogens is 354 g/mol. The van der Waals surface area contributed by atoms with E-state index in [0.717, 1.165) is 6.26 Å². The van der Waals surface area contributed by atoms with Gasteiger partial charge in [-0.1, -0.05) is 17.7 Å². The summed E-state index contributed by atoms with van der Waals surface area (Å²) in [6, 6.07) is 12.0. The van der Waals surface area contributed by atoms with Gasteiger partial charge in [0, 0.05) is 16.3 Å². The monoisotopic (exact) mass is 367 g/mol. The first-order valence-corrected chi connectivity index (χ1v) is 9.05. The lowest BCUT2D eigenvalue weighted by Gasteiger charge is -2.07. The second kappa shape index (κ2) is 7.46. The summed E-state index contributed by atoms with van der Waals surface area (Å²) in [6.07, 6.45) is 1.00. The lowest BCUT2D eigenvalue weighted by Crippen LogP contribution is -2.15. The number of benzene rings is 2. The van der Waals surface area contributed by atoms with Crippen molar-refractivity contribution in [1.82, 2.24) is 0 Å². The number of anilines is 1. The van der Waals surface area contributed by atoms with E-state index < -0.39 is 22.6 Å². The first-order valence-electron chi connectivity index (χ1n) is 6.78. The van der Waals surface area contributed by atoms with Crippen molar-refractivity contribution in [2.45, 2.75) is 0 Å². The third-order valence-corrected chi connectivity index (χ3v) is 3.76. The summed E-state index contributed by atoms with van der Waals surface area (Å²) in [6.45, 7) is -0.426. The summed E-state index contributed by atoms with van der Waals surface area (Å²) >= 11 is 5.74. The highest BCUT2D eigenvalue weighted by molar-refractivity contribution is 7.92. The van der Waals surface area contributed by atoms with Crippen LogP contribution in [-0.2, 0) is 14.8 Å². The molecule has 6 nitrogen and oxygen atoms in total. The number of sulfonamides is 1. The number of carbonyl (C=O) groups is 2. The largest absolute Gasteiger partial charge is 0.454 e. The topological polar surface area (TPSA) is 89.5 Å². The van der Waals surface area contributed by atoms with Gasteiger partial charge in [-0.3, -0.25) is 9.52 Å². The van der Waals surface area contributed by atoms with Gasteiger partial charge in [0.15, 0.2) is 12.4 Å². The number of nitrogens with one attached hydrogen (secondary N) is 1. The molecule has 0 radical (unpaired) electrons. The SMILES string of the molecule is CS(=O)(=O)Nc1cccc(C(=O)OCC(=O)c2ccc(Cl)cc2)c1. The molecule has 0 heterocycles. The number of Topliss-reactive ketones (excluding diaryl/α,β-unsaturated/α-hetero) is 1. The number of halogens is 1. The molecule has 0 aromatic heterocycles. The van der Waals surface area contributed by atoms with E-state index in [2.05, 4.69) is 4.72 Å². The molecule has 0 fully saturated rings. The Kier molecular flexibility index (Phi) is 5.58. The minimum absolute atomic E-state index is 0.132. The van der Waals surface area contributed by atoms with E-state index in [0.29, 0.717) is 10.6 Å². The molecule has 24 heavy (non-hydrogen) atoms. The Balaban J connectivity index is 2.01. The Morgan fingerprint density at radius 3 is 2.38 bits per heavy atom. The van der Waals surface area contributed by atoms with Crippen LogP contribution in [0.4, 0.5) is 5.69 Å². The highest BCUT2D eigenvalue weighted by atomic mass is 35.5. The first-order chi connectivity index (χ1) is 11.2. The van der Waals surface area contributed by atoms with E-state index in [-0.39, 0.29) is 17.0 Å². The minimum atomic E-state index is -3.45. The van der Waals surface area contributed by atoms with E-state index in [4.69, 9.17) is 16.3 Å². The second-order valence-corrected chi connectivity index (χ2v) is 7.15. The van der Waals surface area contributed by atoms with E-state index >= 15 is 0 Å². The molecule has 0 saturated carbocycles. The molecular formula is C16H14ClNO5S. The van der Waals surface area contributed by atoms with Gasteiger partial charge in [0.2, 0.25) is 10.0 Å². The summed E-state index contributed by atoms with van der Waals surface area (Å²) in [4.78, 5) is 23.9. The van der Waals surface area contributed by atoms with Gasteiger partial charge in [-0.2, -0.15) is 0 Å². The molecule has 2 aromatic rings. The number of ketones is 1. The Morgan fingerprint density at radius 1 is 1.08 bits per heavy atom. The van der Waals surface area contributed by atoms with Crippen LogP contribution in [-0.4, -0.2) is 33.0 Å². The maximum absolute atomic E-state index is 12.0. The maximum Gasteiger partial charge on any atom is 0.338 e. The number of esters is 1. The van der Waals surface area contributed by atoms with Crippen molar-refractivity contribution in [3.8, 4) is 0 Å². The molecule has 126 valence electrons. The number of rotatable bonds is 6. The Labute approximate surface area is 144 Å². The molecule has 8 heteroatoms. The average molecular weight is 368 g/mol. The summed E-state index contributed by atoms with van der Waals surface area (Å²) in [7, 11) is -3.45. The summed E-state index contributed by atoms with van der Waals surface area (Å²) in [5, 5.41) is 0.499. The van der Waals surface area contributed by atoms with Crippen LogP contribution in [0, 0.1) is 0 Å². The molecule has 2 aromatic carbocycles. The lowest BCUT2D eigenvalue weighted by molar-refractivity contribution is 0.0475. The molecule has 1 N–H and O–H groups in total. The van der Waals surface area contributed by atoms with Crippen LogP contribution in [0.2, 0.25) is 5.02 Å². The smallest absolute Gasteiger partial charge is 0.338 e. The molecule has 0 saturated heterocycles. The molecule has 0 aliphatic heterocycles. The average Bonchev–Trinajstić information content (AvgIpc) is 2.51. The normalized spacial score (nSPS) is 10.9. The van der Waals surface area contributed by atoms with Crippen molar-refractivity contribution < 1.29 is 22.7 Å². The molecule has 0 aliphatic rings. The molecule has 0 aliphatic carbocycles. The van der Waals surface area contributed by atoms with Crippen molar-refractivity contribution in [3.05, 3.63) is 64.7 Å². The van der Waals surface area contributed by atoms with Crippen LogP contribution >= 0.6 is 11.6 Å². The predicted molar refractivity (Wildman–Crippen MR) is 91.0 cm³/mol. The van der Waals surface area contributed by atoms with Crippen molar-refractivity contribution in [3.63, 3.8) is 0 Å².